The Hall–Kier alpha value is -2.04. The molecule has 1 aliphatic carbocycles. The first-order chi connectivity index (χ1) is 11.4. The van der Waals surface area contributed by atoms with Gasteiger partial charge in [0.25, 0.3) is 0 Å². The maximum atomic E-state index is 11.3. The van der Waals surface area contributed by atoms with E-state index in [0.29, 0.717) is 12.8 Å². The van der Waals surface area contributed by atoms with Crippen LogP contribution < -0.4 is 9.47 Å². The second kappa shape index (κ2) is 6.11. The molecule has 1 saturated carbocycles. The fourth-order valence-corrected chi connectivity index (χ4v) is 3.76. The van der Waals surface area contributed by atoms with E-state index >= 15 is 0 Å². The van der Waals surface area contributed by atoms with Gasteiger partial charge in [-0.15, -0.1) is 0 Å². The molecule has 0 saturated heterocycles. The molecule has 4 heteroatoms. The lowest BCUT2D eigenvalue weighted by Crippen LogP contribution is -2.38. The maximum Gasteiger partial charge on any atom is 0.118 e. The van der Waals surface area contributed by atoms with Gasteiger partial charge in [-0.05, 0) is 48.2 Å². The number of benzene rings is 2. The summed E-state index contributed by atoms with van der Waals surface area (Å²) in [4.78, 5) is 0. The Balaban J connectivity index is 1.92. The minimum Gasteiger partial charge on any atom is -0.497 e. The molecule has 0 heterocycles. The SMILES string of the molecule is COc1ccc([C@]2(O)CC[C@](O)(c3ccc(OC)cc3)C2C)cc1. The van der Waals surface area contributed by atoms with Crippen molar-refractivity contribution in [3.63, 3.8) is 0 Å². The van der Waals surface area contributed by atoms with E-state index in [-0.39, 0.29) is 5.92 Å². The van der Waals surface area contributed by atoms with Crippen LogP contribution in [0, 0.1) is 5.92 Å². The molecule has 0 radical (unpaired) electrons. The van der Waals surface area contributed by atoms with Gasteiger partial charge in [0.2, 0.25) is 0 Å². The monoisotopic (exact) mass is 328 g/mol. The van der Waals surface area contributed by atoms with Gasteiger partial charge in [0.1, 0.15) is 11.5 Å². The van der Waals surface area contributed by atoms with Crippen molar-refractivity contribution in [2.24, 2.45) is 5.92 Å². The highest BCUT2D eigenvalue weighted by atomic mass is 16.5. The van der Waals surface area contributed by atoms with Crippen LogP contribution in [-0.2, 0) is 11.2 Å². The Labute approximate surface area is 142 Å². The van der Waals surface area contributed by atoms with Crippen molar-refractivity contribution < 1.29 is 19.7 Å². The van der Waals surface area contributed by atoms with Gasteiger partial charge in [-0.2, -0.15) is 0 Å². The van der Waals surface area contributed by atoms with Crippen molar-refractivity contribution in [3.8, 4) is 11.5 Å². The van der Waals surface area contributed by atoms with Crippen LogP contribution in [0.5, 0.6) is 11.5 Å². The predicted molar refractivity (Wildman–Crippen MR) is 92.2 cm³/mol. The molecule has 1 aliphatic rings. The summed E-state index contributed by atoms with van der Waals surface area (Å²) >= 11 is 0. The third-order valence-electron chi connectivity index (χ3n) is 5.50. The van der Waals surface area contributed by atoms with Gasteiger partial charge in [0.05, 0.1) is 25.4 Å². The molecule has 1 fully saturated rings. The summed E-state index contributed by atoms with van der Waals surface area (Å²) in [7, 11) is 3.23. The van der Waals surface area contributed by atoms with Crippen molar-refractivity contribution in [3.05, 3.63) is 59.7 Å². The number of aliphatic hydroxyl groups is 2. The minimum absolute atomic E-state index is 0.341. The number of methoxy groups -OCH3 is 2. The standard InChI is InChI=1S/C20H24O4/c1-14-19(21,15-4-8-17(23-2)9-5-15)12-13-20(14,22)16-6-10-18(24-3)11-7-16/h4-11,14,21-22H,12-13H2,1-3H3/t14?,19-,20+. The molecular formula is C20H24O4. The molecule has 2 aromatic rings. The molecule has 0 aliphatic heterocycles. The molecule has 1 unspecified atom stereocenters. The second-order valence-corrected chi connectivity index (χ2v) is 6.53. The van der Waals surface area contributed by atoms with Crippen LogP contribution >= 0.6 is 0 Å². The molecule has 3 rings (SSSR count). The van der Waals surface area contributed by atoms with Crippen LogP contribution in [-0.4, -0.2) is 24.4 Å². The van der Waals surface area contributed by atoms with Crippen LogP contribution in [0.25, 0.3) is 0 Å². The fourth-order valence-electron chi connectivity index (χ4n) is 3.76. The molecule has 0 amide bonds. The largest absolute Gasteiger partial charge is 0.497 e. The molecule has 24 heavy (non-hydrogen) atoms. The lowest BCUT2D eigenvalue weighted by molar-refractivity contribution is -0.0736. The highest BCUT2D eigenvalue weighted by Gasteiger charge is 2.54. The van der Waals surface area contributed by atoms with E-state index in [1.165, 1.54) is 0 Å². The summed E-state index contributed by atoms with van der Waals surface area (Å²) in [5.74, 6) is 1.16. The number of hydrogen-bond donors (Lipinski definition) is 2. The van der Waals surface area contributed by atoms with E-state index in [2.05, 4.69) is 0 Å². The Bertz CT molecular complexity index is 633. The Kier molecular flexibility index (Phi) is 4.28. The van der Waals surface area contributed by atoms with Crippen LogP contribution in [0.2, 0.25) is 0 Å². The first kappa shape index (κ1) is 16.8. The summed E-state index contributed by atoms with van der Waals surface area (Å²) in [6, 6.07) is 14.8. The van der Waals surface area contributed by atoms with Gasteiger partial charge >= 0.3 is 0 Å². The summed E-state index contributed by atoms with van der Waals surface area (Å²) < 4.78 is 10.4. The number of hydrogen-bond acceptors (Lipinski definition) is 4. The molecule has 2 N–H and O–H groups in total. The zero-order valence-electron chi connectivity index (χ0n) is 14.3. The highest BCUT2D eigenvalue weighted by Crippen LogP contribution is 2.53. The van der Waals surface area contributed by atoms with Gasteiger partial charge in [0, 0.05) is 5.92 Å². The van der Waals surface area contributed by atoms with Crippen molar-refractivity contribution >= 4 is 0 Å². The van der Waals surface area contributed by atoms with Crippen molar-refractivity contribution in [2.45, 2.75) is 31.0 Å². The van der Waals surface area contributed by atoms with Gasteiger partial charge in [-0.1, -0.05) is 31.2 Å². The minimum atomic E-state index is -1.07. The van der Waals surface area contributed by atoms with Gasteiger partial charge in [-0.25, -0.2) is 0 Å². The van der Waals surface area contributed by atoms with Gasteiger partial charge in [0.15, 0.2) is 0 Å². The lowest BCUT2D eigenvalue weighted by atomic mass is 9.77. The average molecular weight is 328 g/mol. The quantitative estimate of drug-likeness (QED) is 0.905. The highest BCUT2D eigenvalue weighted by molar-refractivity contribution is 5.37. The first-order valence-electron chi connectivity index (χ1n) is 8.18. The van der Waals surface area contributed by atoms with Crippen molar-refractivity contribution in [2.75, 3.05) is 14.2 Å². The fraction of sp³-hybridized carbons (Fsp3) is 0.400. The lowest BCUT2D eigenvalue weighted by Gasteiger charge is -2.35. The van der Waals surface area contributed by atoms with E-state index in [1.807, 2.05) is 55.5 Å². The van der Waals surface area contributed by atoms with Crippen molar-refractivity contribution in [1.29, 1.82) is 0 Å². The average Bonchev–Trinajstić information content (AvgIpc) is 2.88. The van der Waals surface area contributed by atoms with Crippen LogP contribution in [0.3, 0.4) is 0 Å². The molecule has 128 valence electrons. The van der Waals surface area contributed by atoms with Crippen LogP contribution in [0.15, 0.2) is 48.5 Å². The van der Waals surface area contributed by atoms with Crippen LogP contribution in [0.4, 0.5) is 0 Å². The molecule has 3 atom stereocenters. The van der Waals surface area contributed by atoms with Gasteiger partial charge in [-0.3, -0.25) is 0 Å². The Morgan fingerprint density at radius 1 is 0.750 bits per heavy atom. The molecule has 0 bridgehead atoms. The van der Waals surface area contributed by atoms with E-state index in [9.17, 15) is 10.2 Å². The Morgan fingerprint density at radius 2 is 1.08 bits per heavy atom. The number of ether oxygens (including phenoxy) is 2. The maximum absolute atomic E-state index is 11.3. The molecule has 2 aromatic carbocycles. The summed E-state index contributed by atoms with van der Waals surface area (Å²) in [6.45, 7) is 1.90. The zero-order chi connectivity index (χ0) is 17.4. The molecule has 0 aromatic heterocycles. The number of rotatable bonds is 4. The van der Waals surface area contributed by atoms with E-state index in [4.69, 9.17) is 9.47 Å². The molecule has 0 spiro atoms. The van der Waals surface area contributed by atoms with Crippen LogP contribution in [0.1, 0.15) is 30.9 Å². The Morgan fingerprint density at radius 3 is 1.38 bits per heavy atom. The first-order valence-corrected chi connectivity index (χ1v) is 8.18. The smallest absolute Gasteiger partial charge is 0.118 e. The predicted octanol–water partition coefficient (Wildman–Crippen LogP) is 3.21. The normalized spacial score (nSPS) is 29.5. The zero-order valence-corrected chi connectivity index (χ0v) is 14.3. The third kappa shape index (κ3) is 2.56. The van der Waals surface area contributed by atoms with Gasteiger partial charge < -0.3 is 19.7 Å². The molecular weight excluding hydrogens is 304 g/mol. The summed E-state index contributed by atoms with van der Waals surface area (Å²) in [6.07, 6.45) is 1.01. The molecule has 4 nitrogen and oxygen atoms in total. The van der Waals surface area contributed by atoms with E-state index in [1.54, 1.807) is 14.2 Å². The van der Waals surface area contributed by atoms with E-state index < -0.39 is 11.2 Å². The summed E-state index contributed by atoms with van der Waals surface area (Å²) in [5, 5.41) is 22.5. The van der Waals surface area contributed by atoms with Crippen molar-refractivity contribution in [1.82, 2.24) is 0 Å². The third-order valence-corrected chi connectivity index (χ3v) is 5.50. The van der Waals surface area contributed by atoms with E-state index in [0.717, 1.165) is 22.6 Å². The second-order valence-electron chi connectivity index (χ2n) is 6.53. The topological polar surface area (TPSA) is 58.9 Å². The summed E-state index contributed by atoms with van der Waals surface area (Å²) in [5.41, 5.74) is -0.525.